The van der Waals surface area contributed by atoms with Crippen LogP contribution in [0, 0.1) is 5.82 Å². The largest absolute Gasteiger partial charge is 0.370 e. The van der Waals surface area contributed by atoms with Crippen molar-refractivity contribution in [3.05, 3.63) is 29.8 Å². The second-order valence-corrected chi connectivity index (χ2v) is 4.54. The lowest BCUT2D eigenvalue weighted by Gasteiger charge is -2.20. The fourth-order valence-corrected chi connectivity index (χ4v) is 1.09. The van der Waals surface area contributed by atoms with E-state index in [2.05, 4.69) is 15.3 Å². The molecule has 0 saturated carbocycles. The zero-order valence-corrected chi connectivity index (χ0v) is 9.79. The van der Waals surface area contributed by atoms with Crippen molar-refractivity contribution in [3.8, 4) is 0 Å². The van der Waals surface area contributed by atoms with Gasteiger partial charge < -0.3 is 11.1 Å². The number of hydrogen-bond acceptors (Lipinski definition) is 2. The number of nitrogens with zero attached hydrogens (tertiary/aromatic N) is 2. The minimum absolute atomic E-state index is 0.121. The van der Waals surface area contributed by atoms with Gasteiger partial charge in [0.1, 0.15) is 5.82 Å². The summed E-state index contributed by atoms with van der Waals surface area (Å²) in [6.07, 6.45) is 1.16. The number of nitrogens with one attached hydrogen (secondary N) is 1. The van der Waals surface area contributed by atoms with Crippen LogP contribution in [-0.4, -0.2) is 16.5 Å². The smallest absolute Gasteiger partial charge is 0.189 e. The molecule has 0 spiro atoms. The Kier molecular flexibility index (Phi) is 3.82. The van der Waals surface area contributed by atoms with Crippen LogP contribution in [-0.2, 0) is 6.54 Å². The molecule has 0 fully saturated rings. The minimum atomic E-state index is -0.353. The summed E-state index contributed by atoms with van der Waals surface area (Å²) >= 11 is 0. The van der Waals surface area contributed by atoms with Gasteiger partial charge in [0.05, 0.1) is 18.4 Å². The normalized spacial score (nSPS) is 12.6. The summed E-state index contributed by atoms with van der Waals surface area (Å²) in [6, 6.07) is 2.94. The second kappa shape index (κ2) is 4.92. The molecule has 0 radical (unpaired) electrons. The van der Waals surface area contributed by atoms with Crippen LogP contribution in [0.25, 0.3) is 0 Å². The molecule has 0 aliphatic carbocycles. The van der Waals surface area contributed by atoms with Crippen LogP contribution in [0.3, 0.4) is 0 Å². The Labute approximate surface area is 94.8 Å². The molecule has 1 aromatic rings. The van der Waals surface area contributed by atoms with Gasteiger partial charge in [-0.2, -0.15) is 0 Å². The van der Waals surface area contributed by atoms with Crippen LogP contribution in [0.5, 0.6) is 0 Å². The number of hydrogen-bond donors (Lipinski definition) is 2. The van der Waals surface area contributed by atoms with Crippen molar-refractivity contribution in [3.63, 3.8) is 0 Å². The molecule has 0 amide bonds. The predicted octanol–water partition coefficient (Wildman–Crippen LogP) is 1.42. The highest BCUT2D eigenvalue weighted by atomic mass is 19.1. The molecule has 0 atom stereocenters. The minimum Gasteiger partial charge on any atom is -0.370 e. The third kappa shape index (κ3) is 4.72. The first kappa shape index (κ1) is 12.4. The SMILES string of the molecule is CC(C)(C)NC(N)=NCc1ccc(F)cn1. The fraction of sp³-hybridized carbons (Fsp3) is 0.455. The first-order valence-corrected chi connectivity index (χ1v) is 5.05. The Bertz CT molecular complexity index is 365. The first-order valence-electron chi connectivity index (χ1n) is 5.05. The molecule has 1 rings (SSSR count). The molecule has 0 unspecified atom stereocenters. The summed E-state index contributed by atoms with van der Waals surface area (Å²) in [5, 5.41) is 3.03. The maximum atomic E-state index is 12.6. The average Bonchev–Trinajstić information content (AvgIpc) is 2.14. The van der Waals surface area contributed by atoms with Gasteiger partial charge in [0.2, 0.25) is 0 Å². The summed E-state index contributed by atoms with van der Waals surface area (Å²) in [7, 11) is 0. The molecule has 0 aromatic carbocycles. The average molecular weight is 224 g/mol. The van der Waals surface area contributed by atoms with Crippen LogP contribution in [0.2, 0.25) is 0 Å². The van der Waals surface area contributed by atoms with Crippen molar-refractivity contribution < 1.29 is 4.39 Å². The standard InChI is InChI=1S/C11H17FN4/c1-11(2,3)16-10(13)15-7-9-5-4-8(12)6-14-9/h4-6H,7H2,1-3H3,(H3,13,15,16). The highest BCUT2D eigenvalue weighted by Crippen LogP contribution is 2.00. The van der Waals surface area contributed by atoms with Crippen molar-refractivity contribution >= 4 is 5.96 Å². The number of guanidine groups is 1. The highest BCUT2D eigenvalue weighted by molar-refractivity contribution is 5.78. The molecule has 0 saturated heterocycles. The van der Waals surface area contributed by atoms with Gasteiger partial charge in [0.25, 0.3) is 0 Å². The number of nitrogens with two attached hydrogens (primary N) is 1. The van der Waals surface area contributed by atoms with E-state index >= 15 is 0 Å². The van der Waals surface area contributed by atoms with Crippen LogP contribution in [0.4, 0.5) is 4.39 Å². The molecule has 4 nitrogen and oxygen atoms in total. The Morgan fingerprint density at radius 2 is 2.19 bits per heavy atom. The van der Waals surface area contributed by atoms with E-state index in [4.69, 9.17) is 5.73 Å². The first-order chi connectivity index (χ1) is 7.37. The van der Waals surface area contributed by atoms with Crippen molar-refractivity contribution in [2.24, 2.45) is 10.7 Å². The summed E-state index contributed by atoms with van der Waals surface area (Å²) in [5.74, 6) is 0.00661. The highest BCUT2D eigenvalue weighted by Gasteiger charge is 2.09. The molecule has 16 heavy (non-hydrogen) atoms. The predicted molar refractivity (Wildman–Crippen MR) is 62.4 cm³/mol. The van der Waals surface area contributed by atoms with Gasteiger partial charge in [0.15, 0.2) is 5.96 Å². The van der Waals surface area contributed by atoms with E-state index < -0.39 is 0 Å². The van der Waals surface area contributed by atoms with Crippen molar-refractivity contribution in [2.45, 2.75) is 32.9 Å². The van der Waals surface area contributed by atoms with E-state index in [9.17, 15) is 4.39 Å². The van der Waals surface area contributed by atoms with Crippen LogP contribution in [0.1, 0.15) is 26.5 Å². The van der Waals surface area contributed by atoms with Crippen LogP contribution < -0.4 is 11.1 Å². The Morgan fingerprint density at radius 3 is 2.69 bits per heavy atom. The molecule has 1 aromatic heterocycles. The summed E-state index contributed by atoms with van der Waals surface area (Å²) in [5.41, 5.74) is 6.23. The summed E-state index contributed by atoms with van der Waals surface area (Å²) in [4.78, 5) is 7.99. The Balaban J connectivity index is 2.56. The zero-order valence-electron chi connectivity index (χ0n) is 9.79. The van der Waals surface area contributed by atoms with E-state index in [1.807, 2.05) is 20.8 Å². The van der Waals surface area contributed by atoms with Crippen LogP contribution in [0.15, 0.2) is 23.3 Å². The number of rotatable bonds is 2. The zero-order chi connectivity index (χ0) is 12.2. The molecule has 88 valence electrons. The van der Waals surface area contributed by atoms with E-state index in [0.717, 1.165) is 6.20 Å². The third-order valence-electron chi connectivity index (χ3n) is 1.70. The topological polar surface area (TPSA) is 63.3 Å². The second-order valence-electron chi connectivity index (χ2n) is 4.54. The molecule has 0 aliphatic heterocycles. The van der Waals surface area contributed by atoms with E-state index in [1.54, 1.807) is 6.07 Å². The van der Waals surface area contributed by atoms with Gasteiger partial charge in [-0.15, -0.1) is 0 Å². The van der Waals surface area contributed by atoms with Gasteiger partial charge in [0, 0.05) is 5.54 Å². The van der Waals surface area contributed by atoms with E-state index in [0.29, 0.717) is 18.2 Å². The Hall–Kier alpha value is -1.65. The summed E-state index contributed by atoms with van der Waals surface area (Å²) < 4.78 is 12.6. The molecule has 3 N–H and O–H groups in total. The van der Waals surface area contributed by atoms with E-state index in [1.165, 1.54) is 6.07 Å². The third-order valence-corrected chi connectivity index (χ3v) is 1.70. The van der Waals surface area contributed by atoms with Gasteiger partial charge in [-0.05, 0) is 32.9 Å². The number of pyridine rings is 1. The molecule has 1 heterocycles. The van der Waals surface area contributed by atoms with E-state index in [-0.39, 0.29) is 11.4 Å². The Morgan fingerprint density at radius 1 is 1.50 bits per heavy atom. The summed E-state index contributed by atoms with van der Waals surface area (Å²) in [6.45, 7) is 6.32. The van der Waals surface area contributed by atoms with Gasteiger partial charge in [-0.3, -0.25) is 4.98 Å². The van der Waals surface area contributed by atoms with Gasteiger partial charge in [-0.25, -0.2) is 9.38 Å². The molecule has 0 bridgehead atoms. The molecular weight excluding hydrogens is 207 g/mol. The number of aliphatic imine (C=N–C) groups is 1. The molecule has 5 heteroatoms. The van der Waals surface area contributed by atoms with Gasteiger partial charge >= 0.3 is 0 Å². The monoisotopic (exact) mass is 224 g/mol. The molecule has 0 aliphatic rings. The maximum absolute atomic E-state index is 12.6. The van der Waals surface area contributed by atoms with Gasteiger partial charge in [-0.1, -0.05) is 0 Å². The lowest BCUT2D eigenvalue weighted by atomic mass is 10.1. The quantitative estimate of drug-likeness (QED) is 0.590. The van der Waals surface area contributed by atoms with Crippen LogP contribution >= 0.6 is 0 Å². The number of aromatic nitrogens is 1. The fourth-order valence-electron chi connectivity index (χ4n) is 1.09. The lowest BCUT2D eigenvalue weighted by Crippen LogP contribution is -2.44. The molecular formula is C11H17FN4. The lowest BCUT2D eigenvalue weighted by molar-refractivity contribution is 0.508. The van der Waals surface area contributed by atoms with Crippen molar-refractivity contribution in [1.29, 1.82) is 0 Å². The number of halogens is 1. The van der Waals surface area contributed by atoms with Crippen molar-refractivity contribution in [1.82, 2.24) is 10.3 Å². The van der Waals surface area contributed by atoms with Crippen molar-refractivity contribution in [2.75, 3.05) is 0 Å². The maximum Gasteiger partial charge on any atom is 0.189 e.